The highest BCUT2D eigenvalue weighted by molar-refractivity contribution is 5.79. The second-order valence-corrected chi connectivity index (χ2v) is 5.36. The fourth-order valence-electron chi connectivity index (χ4n) is 2.49. The van der Waals surface area contributed by atoms with Gasteiger partial charge in [0.05, 0.1) is 5.39 Å². The summed E-state index contributed by atoms with van der Waals surface area (Å²) in [5, 5.41) is 0.635. The van der Waals surface area contributed by atoms with Crippen molar-refractivity contribution in [1.29, 1.82) is 0 Å². The van der Waals surface area contributed by atoms with E-state index in [1.807, 2.05) is 32.3 Å². The molecule has 102 valence electrons. The molecule has 0 spiro atoms. The van der Waals surface area contributed by atoms with E-state index in [0.29, 0.717) is 16.7 Å². The van der Waals surface area contributed by atoms with Gasteiger partial charge in [-0.2, -0.15) is 0 Å². The second-order valence-electron chi connectivity index (χ2n) is 5.36. The number of hydrogen-bond donors (Lipinski definition) is 0. The molecule has 0 amide bonds. The van der Waals surface area contributed by atoms with Crippen molar-refractivity contribution in [2.24, 2.45) is 0 Å². The molecule has 0 unspecified atom stereocenters. The van der Waals surface area contributed by atoms with Crippen LogP contribution in [0, 0.1) is 0 Å². The van der Waals surface area contributed by atoms with Gasteiger partial charge in [0.25, 0.3) is 0 Å². The first-order valence-corrected chi connectivity index (χ1v) is 6.71. The van der Waals surface area contributed by atoms with Crippen LogP contribution < -0.4 is 5.43 Å². The Morgan fingerprint density at radius 1 is 1.25 bits per heavy atom. The number of allylic oxidation sites excluding steroid dienone is 2. The molecule has 0 N–H and O–H groups in total. The van der Waals surface area contributed by atoms with E-state index < -0.39 is 0 Å². The monoisotopic (exact) mass is 267 g/mol. The number of hydrogen-bond acceptors (Lipinski definition) is 3. The molecule has 1 aromatic heterocycles. The van der Waals surface area contributed by atoms with Gasteiger partial charge in [-0.3, -0.25) is 4.79 Å². The maximum atomic E-state index is 12.1. The molecule has 0 bridgehead atoms. The molecule has 0 saturated heterocycles. The quantitative estimate of drug-likeness (QED) is 0.857. The van der Waals surface area contributed by atoms with Crippen molar-refractivity contribution < 1.29 is 4.42 Å². The van der Waals surface area contributed by atoms with Crippen LogP contribution in [-0.4, -0.2) is 25.5 Å². The summed E-state index contributed by atoms with van der Waals surface area (Å²) in [6.07, 6.45) is 5.13. The first kappa shape index (κ1) is 12.9. The molecule has 3 rings (SSSR count). The number of likely N-dealkylation sites (N-methyl/N-ethyl adjacent to an activating group) is 1. The molecule has 0 radical (unpaired) electrons. The maximum absolute atomic E-state index is 12.1. The predicted octanol–water partition coefficient (Wildman–Crippen LogP) is 3.07. The molecule has 1 aliphatic rings. The summed E-state index contributed by atoms with van der Waals surface area (Å²) in [5.41, 5.74) is 3.01. The van der Waals surface area contributed by atoms with Crippen LogP contribution in [0.4, 0.5) is 0 Å². The Hall–Kier alpha value is -2.13. The van der Waals surface area contributed by atoms with Crippen molar-refractivity contribution >= 4 is 16.5 Å². The van der Waals surface area contributed by atoms with Gasteiger partial charge in [0.1, 0.15) is 11.3 Å². The number of para-hydroxylation sites is 1. The first-order chi connectivity index (χ1) is 9.63. The molecule has 2 aromatic rings. The lowest BCUT2D eigenvalue weighted by molar-refractivity contribution is 0.449. The highest BCUT2D eigenvalue weighted by Gasteiger charge is 2.13. The van der Waals surface area contributed by atoms with E-state index in [2.05, 4.69) is 17.1 Å². The van der Waals surface area contributed by atoms with E-state index in [9.17, 15) is 4.79 Å². The lowest BCUT2D eigenvalue weighted by Crippen LogP contribution is -2.13. The summed E-state index contributed by atoms with van der Waals surface area (Å²) < 4.78 is 5.86. The number of benzene rings is 1. The van der Waals surface area contributed by atoms with Crippen LogP contribution in [0.2, 0.25) is 0 Å². The SMILES string of the molecule is CN(C)CC1=CCC(c2cc(=O)c3ccccc3o2)=C1. The number of rotatable bonds is 3. The minimum Gasteiger partial charge on any atom is -0.456 e. The van der Waals surface area contributed by atoms with Crippen LogP contribution in [0.3, 0.4) is 0 Å². The van der Waals surface area contributed by atoms with Crippen LogP contribution >= 0.6 is 0 Å². The largest absolute Gasteiger partial charge is 0.456 e. The third-order valence-electron chi connectivity index (χ3n) is 3.39. The molecule has 0 atom stereocenters. The van der Waals surface area contributed by atoms with Crippen LogP contribution in [0.5, 0.6) is 0 Å². The van der Waals surface area contributed by atoms with Crippen molar-refractivity contribution in [2.75, 3.05) is 20.6 Å². The molecular formula is C17H17NO2. The summed E-state index contributed by atoms with van der Waals surface area (Å²) in [4.78, 5) is 14.2. The Labute approximate surface area is 117 Å². The Morgan fingerprint density at radius 3 is 2.85 bits per heavy atom. The summed E-state index contributed by atoms with van der Waals surface area (Å²) in [7, 11) is 4.09. The Kier molecular flexibility index (Phi) is 3.28. The molecule has 1 heterocycles. The third-order valence-corrected chi connectivity index (χ3v) is 3.39. The van der Waals surface area contributed by atoms with Crippen molar-refractivity contribution in [1.82, 2.24) is 4.90 Å². The predicted molar refractivity (Wildman–Crippen MR) is 81.7 cm³/mol. The van der Waals surface area contributed by atoms with Gasteiger partial charge in [0.15, 0.2) is 5.43 Å². The fraction of sp³-hybridized carbons (Fsp3) is 0.235. The Bertz CT molecular complexity index is 766. The first-order valence-electron chi connectivity index (χ1n) is 6.71. The molecule has 0 fully saturated rings. The molecule has 3 heteroatoms. The van der Waals surface area contributed by atoms with E-state index in [1.54, 1.807) is 12.1 Å². The van der Waals surface area contributed by atoms with E-state index >= 15 is 0 Å². The zero-order chi connectivity index (χ0) is 14.1. The smallest absolute Gasteiger partial charge is 0.193 e. The van der Waals surface area contributed by atoms with Crippen molar-refractivity contribution in [3.05, 3.63) is 64.0 Å². The van der Waals surface area contributed by atoms with Gasteiger partial charge in [-0.05, 0) is 43.8 Å². The van der Waals surface area contributed by atoms with E-state index in [0.717, 1.165) is 18.5 Å². The van der Waals surface area contributed by atoms with Gasteiger partial charge in [0.2, 0.25) is 0 Å². The molecule has 0 saturated carbocycles. The fourth-order valence-corrected chi connectivity index (χ4v) is 2.49. The molecular weight excluding hydrogens is 250 g/mol. The van der Waals surface area contributed by atoms with E-state index in [-0.39, 0.29) is 5.43 Å². The molecule has 1 aliphatic carbocycles. The average molecular weight is 267 g/mol. The minimum atomic E-state index is 0.0174. The molecule has 1 aromatic carbocycles. The van der Waals surface area contributed by atoms with Crippen LogP contribution in [0.25, 0.3) is 16.5 Å². The second kappa shape index (κ2) is 5.10. The molecule has 0 aliphatic heterocycles. The summed E-state index contributed by atoms with van der Waals surface area (Å²) in [5.74, 6) is 0.679. The van der Waals surface area contributed by atoms with Crippen LogP contribution in [0.15, 0.2) is 57.3 Å². The van der Waals surface area contributed by atoms with Crippen LogP contribution in [-0.2, 0) is 0 Å². The maximum Gasteiger partial charge on any atom is 0.193 e. The topological polar surface area (TPSA) is 33.5 Å². The van der Waals surface area contributed by atoms with Gasteiger partial charge >= 0.3 is 0 Å². The normalized spacial score (nSPS) is 14.8. The lowest BCUT2D eigenvalue weighted by atomic mass is 10.1. The van der Waals surface area contributed by atoms with Crippen molar-refractivity contribution in [2.45, 2.75) is 6.42 Å². The van der Waals surface area contributed by atoms with E-state index in [1.165, 1.54) is 5.57 Å². The average Bonchev–Trinajstić information content (AvgIpc) is 2.86. The molecule has 20 heavy (non-hydrogen) atoms. The van der Waals surface area contributed by atoms with Gasteiger partial charge in [-0.25, -0.2) is 0 Å². The number of fused-ring (bicyclic) bond motifs is 1. The standard InChI is InChI=1S/C17H17NO2/c1-18(2)11-12-7-8-13(9-12)17-10-15(19)14-5-3-4-6-16(14)20-17/h3-7,9-10H,8,11H2,1-2H3. The Morgan fingerprint density at radius 2 is 2.05 bits per heavy atom. The zero-order valence-corrected chi connectivity index (χ0v) is 11.7. The zero-order valence-electron chi connectivity index (χ0n) is 11.7. The summed E-state index contributed by atoms with van der Waals surface area (Å²) in [6, 6.07) is 8.96. The van der Waals surface area contributed by atoms with Gasteiger partial charge in [0, 0.05) is 12.6 Å². The van der Waals surface area contributed by atoms with Crippen molar-refractivity contribution in [3.63, 3.8) is 0 Å². The van der Waals surface area contributed by atoms with Crippen LogP contribution in [0.1, 0.15) is 12.2 Å². The lowest BCUT2D eigenvalue weighted by Gasteiger charge is -2.08. The van der Waals surface area contributed by atoms with Gasteiger partial charge in [-0.15, -0.1) is 0 Å². The van der Waals surface area contributed by atoms with Gasteiger partial charge in [-0.1, -0.05) is 24.3 Å². The third kappa shape index (κ3) is 2.45. The number of nitrogens with zero attached hydrogens (tertiary/aromatic N) is 1. The summed E-state index contributed by atoms with van der Waals surface area (Å²) in [6.45, 7) is 0.904. The highest BCUT2D eigenvalue weighted by Crippen LogP contribution is 2.28. The summed E-state index contributed by atoms with van der Waals surface area (Å²) >= 11 is 0. The van der Waals surface area contributed by atoms with Gasteiger partial charge < -0.3 is 9.32 Å². The Balaban J connectivity index is 1.98. The molecule has 3 nitrogen and oxygen atoms in total. The minimum absolute atomic E-state index is 0.0174. The van der Waals surface area contributed by atoms with E-state index in [4.69, 9.17) is 4.42 Å². The van der Waals surface area contributed by atoms with Crippen molar-refractivity contribution in [3.8, 4) is 0 Å². The highest BCUT2D eigenvalue weighted by atomic mass is 16.3.